The maximum absolute atomic E-state index is 14.4. The smallest absolute Gasteiger partial charge is 0.242 e. The lowest BCUT2D eigenvalue weighted by Gasteiger charge is -2.13. The lowest BCUT2D eigenvalue weighted by molar-refractivity contribution is 0.521. The summed E-state index contributed by atoms with van der Waals surface area (Å²) in [6, 6.07) is 11.1. The molecule has 0 amide bonds. The van der Waals surface area contributed by atoms with Gasteiger partial charge in [0.15, 0.2) is 9.84 Å². The van der Waals surface area contributed by atoms with Gasteiger partial charge >= 0.3 is 0 Å². The zero-order chi connectivity index (χ0) is 23.8. The van der Waals surface area contributed by atoms with E-state index in [9.17, 15) is 21.2 Å². The summed E-state index contributed by atoms with van der Waals surface area (Å²) in [6.45, 7) is 1.77. The third kappa shape index (κ3) is 5.30. The number of halogens is 2. The van der Waals surface area contributed by atoms with Gasteiger partial charge in [-0.3, -0.25) is 0 Å². The van der Waals surface area contributed by atoms with Crippen molar-refractivity contribution in [2.45, 2.75) is 23.3 Å². The van der Waals surface area contributed by atoms with Crippen LogP contribution >= 0.6 is 12.4 Å². The number of sulfone groups is 1. The Hall–Kier alpha value is -2.24. The highest BCUT2D eigenvalue weighted by Gasteiger charge is 2.22. The van der Waals surface area contributed by atoms with Gasteiger partial charge in [-0.2, -0.15) is 0 Å². The third-order valence-electron chi connectivity index (χ3n) is 5.27. The molecule has 0 fully saturated rings. The Morgan fingerprint density at radius 1 is 1.09 bits per heavy atom. The number of sulfonamides is 1. The summed E-state index contributed by atoms with van der Waals surface area (Å²) in [5, 5.41) is 0.588. The molecular formula is C22H27ClFN3O4S2. The molecule has 3 rings (SSSR count). The Bertz CT molecular complexity index is 1430. The van der Waals surface area contributed by atoms with E-state index in [2.05, 4.69) is 0 Å². The quantitative estimate of drug-likeness (QED) is 0.518. The number of hydrogen-bond acceptors (Lipinski definition) is 5. The SMILES string of the molecule is Cc1c(-c2cccc(S(=O)(=O)N(C)C)c2)c2cc(S(C)(=O)=O)ccc2n1C/C(F)=C/CN.Cl. The molecule has 0 unspecified atom stereocenters. The lowest BCUT2D eigenvalue weighted by atomic mass is 10.0. The average Bonchev–Trinajstić information content (AvgIpc) is 2.98. The molecule has 0 aliphatic rings. The van der Waals surface area contributed by atoms with Crippen LogP contribution in [0, 0.1) is 6.92 Å². The van der Waals surface area contributed by atoms with Crippen LogP contribution in [0.4, 0.5) is 4.39 Å². The molecule has 180 valence electrons. The van der Waals surface area contributed by atoms with Crippen molar-refractivity contribution in [2.24, 2.45) is 5.73 Å². The van der Waals surface area contributed by atoms with Crippen LogP contribution in [0.25, 0.3) is 22.0 Å². The fourth-order valence-electron chi connectivity index (χ4n) is 3.63. The Morgan fingerprint density at radius 2 is 1.76 bits per heavy atom. The summed E-state index contributed by atoms with van der Waals surface area (Å²) in [7, 11) is -4.26. The number of rotatable bonds is 7. The van der Waals surface area contributed by atoms with Gasteiger partial charge in [-0.15, -0.1) is 12.4 Å². The fraction of sp³-hybridized carbons (Fsp3) is 0.273. The van der Waals surface area contributed by atoms with Crippen molar-refractivity contribution >= 4 is 43.2 Å². The Labute approximate surface area is 200 Å². The molecule has 0 atom stereocenters. The second-order valence-corrected chi connectivity index (χ2v) is 11.9. The Morgan fingerprint density at radius 3 is 2.33 bits per heavy atom. The summed E-state index contributed by atoms with van der Waals surface area (Å²) < 4.78 is 66.8. The van der Waals surface area contributed by atoms with E-state index in [1.54, 1.807) is 41.8 Å². The zero-order valence-electron chi connectivity index (χ0n) is 18.7. The highest BCUT2D eigenvalue weighted by Crippen LogP contribution is 2.37. The first-order valence-corrected chi connectivity index (χ1v) is 13.1. The van der Waals surface area contributed by atoms with Gasteiger partial charge in [-0.25, -0.2) is 25.5 Å². The van der Waals surface area contributed by atoms with Gasteiger partial charge in [0.1, 0.15) is 5.83 Å². The van der Waals surface area contributed by atoms with E-state index in [1.807, 2.05) is 0 Å². The minimum atomic E-state index is -3.68. The standard InChI is InChI=1S/C22H26FN3O4S2.ClH/c1-15-22(16-6-5-7-19(12-16)32(29,30)25(2)3)20-13-18(31(4,27)28)8-9-21(20)26(15)14-17(23)10-11-24;/h5-10,12-13H,11,14,24H2,1-4H3;1H/b17-10-;. The van der Waals surface area contributed by atoms with Crippen LogP contribution in [0.2, 0.25) is 0 Å². The number of fused-ring (bicyclic) bond motifs is 1. The fourth-order valence-corrected chi connectivity index (χ4v) is 5.22. The van der Waals surface area contributed by atoms with Gasteiger partial charge in [0, 0.05) is 49.1 Å². The lowest BCUT2D eigenvalue weighted by Crippen LogP contribution is -2.22. The molecule has 0 radical (unpaired) electrons. The summed E-state index contributed by atoms with van der Waals surface area (Å²) in [6.07, 6.45) is 2.39. The molecule has 0 saturated carbocycles. The largest absolute Gasteiger partial charge is 0.337 e. The number of nitrogens with zero attached hydrogens (tertiary/aromatic N) is 2. The molecule has 7 nitrogen and oxygen atoms in total. The number of benzene rings is 2. The van der Waals surface area contributed by atoms with E-state index in [1.165, 1.54) is 32.3 Å². The second kappa shape index (κ2) is 9.94. The van der Waals surface area contributed by atoms with Crippen LogP contribution < -0.4 is 5.73 Å². The Balaban J connectivity index is 0.00000385. The first-order chi connectivity index (χ1) is 14.9. The van der Waals surface area contributed by atoms with Gasteiger partial charge in [-0.1, -0.05) is 12.1 Å². The van der Waals surface area contributed by atoms with E-state index in [-0.39, 0.29) is 35.3 Å². The Kier molecular flexibility index (Phi) is 8.14. The van der Waals surface area contributed by atoms with Gasteiger partial charge < -0.3 is 10.3 Å². The molecule has 0 aliphatic carbocycles. The highest BCUT2D eigenvalue weighted by molar-refractivity contribution is 7.90. The average molecular weight is 516 g/mol. The molecule has 33 heavy (non-hydrogen) atoms. The number of nitrogens with two attached hydrogens (primary N) is 1. The van der Waals surface area contributed by atoms with E-state index in [4.69, 9.17) is 5.73 Å². The van der Waals surface area contributed by atoms with Crippen molar-refractivity contribution in [3.8, 4) is 11.1 Å². The predicted octanol–water partition coefficient (Wildman–Crippen LogP) is 3.50. The summed E-state index contributed by atoms with van der Waals surface area (Å²) in [5.41, 5.74) is 7.96. The minimum Gasteiger partial charge on any atom is -0.337 e. The van der Waals surface area contributed by atoms with Crippen molar-refractivity contribution in [3.05, 3.63) is 60.1 Å². The van der Waals surface area contributed by atoms with Gasteiger partial charge in [0.2, 0.25) is 10.0 Å². The normalized spacial score (nSPS) is 12.9. The zero-order valence-corrected chi connectivity index (χ0v) is 21.2. The second-order valence-electron chi connectivity index (χ2n) is 7.70. The van der Waals surface area contributed by atoms with Crippen molar-refractivity contribution in [1.82, 2.24) is 8.87 Å². The topological polar surface area (TPSA) is 102 Å². The van der Waals surface area contributed by atoms with E-state index in [0.717, 1.165) is 10.6 Å². The minimum absolute atomic E-state index is 0. The molecule has 1 heterocycles. The molecule has 11 heteroatoms. The van der Waals surface area contributed by atoms with E-state index < -0.39 is 25.7 Å². The van der Waals surface area contributed by atoms with Crippen LogP contribution in [-0.2, 0) is 26.4 Å². The summed E-state index contributed by atoms with van der Waals surface area (Å²) >= 11 is 0. The molecule has 2 N–H and O–H groups in total. The first kappa shape index (κ1) is 27.0. The van der Waals surface area contributed by atoms with Crippen LogP contribution in [-0.4, -0.2) is 52.6 Å². The molecule has 0 spiro atoms. The molecule has 2 aromatic carbocycles. The third-order valence-corrected chi connectivity index (χ3v) is 8.19. The van der Waals surface area contributed by atoms with E-state index >= 15 is 0 Å². The van der Waals surface area contributed by atoms with Gasteiger partial charge in [0.25, 0.3) is 0 Å². The van der Waals surface area contributed by atoms with Gasteiger partial charge in [-0.05, 0) is 48.9 Å². The van der Waals surface area contributed by atoms with Gasteiger partial charge in [0.05, 0.1) is 16.3 Å². The van der Waals surface area contributed by atoms with Crippen LogP contribution in [0.3, 0.4) is 0 Å². The monoisotopic (exact) mass is 515 g/mol. The summed E-state index contributed by atoms with van der Waals surface area (Å²) in [4.78, 5) is 0.229. The van der Waals surface area contributed by atoms with Crippen molar-refractivity contribution in [3.63, 3.8) is 0 Å². The van der Waals surface area contributed by atoms with Crippen molar-refractivity contribution in [2.75, 3.05) is 26.9 Å². The number of aromatic nitrogens is 1. The van der Waals surface area contributed by atoms with Crippen molar-refractivity contribution in [1.29, 1.82) is 0 Å². The van der Waals surface area contributed by atoms with E-state index in [0.29, 0.717) is 27.7 Å². The number of allylic oxidation sites excluding steroid dienone is 1. The molecule has 0 saturated heterocycles. The highest BCUT2D eigenvalue weighted by atomic mass is 35.5. The maximum Gasteiger partial charge on any atom is 0.242 e. The first-order valence-electron chi connectivity index (χ1n) is 9.78. The maximum atomic E-state index is 14.4. The predicted molar refractivity (Wildman–Crippen MR) is 132 cm³/mol. The van der Waals surface area contributed by atoms with Crippen LogP contribution in [0.5, 0.6) is 0 Å². The van der Waals surface area contributed by atoms with Crippen molar-refractivity contribution < 1.29 is 21.2 Å². The molecule has 3 aromatic rings. The number of hydrogen-bond donors (Lipinski definition) is 1. The molecule has 1 aromatic heterocycles. The van der Waals surface area contributed by atoms with Crippen LogP contribution in [0.15, 0.2) is 64.2 Å². The molecule has 0 aliphatic heterocycles. The molecular weight excluding hydrogens is 489 g/mol. The molecule has 0 bridgehead atoms. The van der Waals surface area contributed by atoms with Crippen LogP contribution in [0.1, 0.15) is 5.69 Å². The summed E-state index contributed by atoms with van der Waals surface area (Å²) in [5.74, 6) is -0.421.